The molecule has 0 spiro atoms. The molecule has 3 nitrogen and oxygen atoms in total. The van der Waals surface area contributed by atoms with Crippen molar-refractivity contribution in [2.45, 2.75) is 6.92 Å². The molecule has 0 radical (unpaired) electrons. The lowest BCUT2D eigenvalue weighted by Gasteiger charge is -2.01. The molecule has 0 aliphatic heterocycles. The Morgan fingerprint density at radius 3 is 2.47 bits per heavy atom. The van der Waals surface area contributed by atoms with Gasteiger partial charge < -0.3 is 4.57 Å². The third-order valence-corrected chi connectivity index (χ3v) is 2.46. The number of carbonyl (C=O) groups excluding carboxylic acids is 1. The summed E-state index contributed by atoms with van der Waals surface area (Å²) >= 11 is 0. The fraction of sp³-hybridized carbons (Fsp3) is 0.167. The Morgan fingerprint density at radius 2 is 1.93 bits per heavy atom. The molecule has 1 aromatic carbocycles. The summed E-state index contributed by atoms with van der Waals surface area (Å²) in [5, 5.41) is 0. The van der Waals surface area contributed by atoms with E-state index in [1.807, 2.05) is 32.2 Å². The third kappa shape index (κ3) is 1.68. The first-order chi connectivity index (χ1) is 7.20. The van der Waals surface area contributed by atoms with Gasteiger partial charge in [-0.1, -0.05) is 30.3 Å². The highest BCUT2D eigenvalue weighted by Gasteiger charge is 2.14. The smallest absolute Gasteiger partial charge is 0.228 e. The molecular formula is C12H12N2O. The number of nitrogens with zero attached hydrogens (tertiary/aromatic N) is 2. The summed E-state index contributed by atoms with van der Waals surface area (Å²) in [5.41, 5.74) is 1.65. The number of aryl methyl sites for hydroxylation is 1. The summed E-state index contributed by atoms with van der Waals surface area (Å²) in [6.07, 6.45) is 1.70. The second-order valence-corrected chi connectivity index (χ2v) is 3.48. The van der Waals surface area contributed by atoms with E-state index in [1.165, 1.54) is 0 Å². The van der Waals surface area contributed by atoms with Crippen LogP contribution in [0.2, 0.25) is 0 Å². The number of aromatic nitrogens is 2. The van der Waals surface area contributed by atoms with Gasteiger partial charge in [0.2, 0.25) is 5.78 Å². The fourth-order valence-electron chi connectivity index (χ4n) is 1.42. The van der Waals surface area contributed by atoms with Crippen LogP contribution in [0.15, 0.2) is 36.5 Å². The van der Waals surface area contributed by atoms with E-state index in [0.717, 1.165) is 5.69 Å². The molecule has 2 rings (SSSR count). The van der Waals surface area contributed by atoms with Crippen molar-refractivity contribution in [1.82, 2.24) is 9.55 Å². The SMILES string of the molecule is Cc1cnc(C(=O)c2ccccc2)n1C. The van der Waals surface area contributed by atoms with Crippen LogP contribution < -0.4 is 0 Å². The normalized spacial score (nSPS) is 10.3. The molecule has 0 amide bonds. The Balaban J connectivity index is 2.42. The molecule has 1 aromatic heterocycles. The van der Waals surface area contributed by atoms with E-state index < -0.39 is 0 Å². The molecule has 0 saturated heterocycles. The van der Waals surface area contributed by atoms with E-state index in [4.69, 9.17) is 0 Å². The van der Waals surface area contributed by atoms with Gasteiger partial charge in [0.1, 0.15) is 0 Å². The van der Waals surface area contributed by atoms with Crippen LogP contribution >= 0.6 is 0 Å². The standard InChI is InChI=1S/C12H12N2O/c1-9-8-13-12(14(9)2)11(15)10-6-4-3-5-7-10/h3-8H,1-2H3. The van der Waals surface area contributed by atoms with Crippen LogP contribution in [-0.4, -0.2) is 15.3 Å². The van der Waals surface area contributed by atoms with Crippen LogP contribution in [0.25, 0.3) is 0 Å². The van der Waals surface area contributed by atoms with Crippen molar-refractivity contribution in [3.8, 4) is 0 Å². The zero-order valence-electron chi connectivity index (χ0n) is 8.77. The first-order valence-electron chi connectivity index (χ1n) is 4.78. The third-order valence-electron chi connectivity index (χ3n) is 2.46. The van der Waals surface area contributed by atoms with Crippen molar-refractivity contribution in [3.05, 3.63) is 53.6 Å². The van der Waals surface area contributed by atoms with Crippen molar-refractivity contribution < 1.29 is 4.79 Å². The highest BCUT2D eigenvalue weighted by Crippen LogP contribution is 2.09. The Hall–Kier alpha value is -1.90. The first kappa shape index (κ1) is 9.65. The maximum absolute atomic E-state index is 12.0. The number of benzene rings is 1. The van der Waals surface area contributed by atoms with Gasteiger partial charge >= 0.3 is 0 Å². The van der Waals surface area contributed by atoms with Crippen molar-refractivity contribution >= 4 is 5.78 Å². The number of rotatable bonds is 2. The van der Waals surface area contributed by atoms with E-state index in [-0.39, 0.29) is 5.78 Å². The van der Waals surface area contributed by atoms with Crippen LogP contribution in [0.1, 0.15) is 21.9 Å². The van der Waals surface area contributed by atoms with E-state index in [0.29, 0.717) is 11.4 Å². The lowest BCUT2D eigenvalue weighted by atomic mass is 10.1. The van der Waals surface area contributed by atoms with Crippen LogP contribution in [-0.2, 0) is 7.05 Å². The fourth-order valence-corrected chi connectivity index (χ4v) is 1.42. The molecule has 0 aliphatic carbocycles. The molecule has 1 heterocycles. The summed E-state index contributed by atoms with van der Waals surface area (Å²) in [7, 11) is 1.85. The maximum Gasteiger partial charge on any atom is 0.228 e. The minimum Gasteiger partial charge on any atom is -0.329 e. The maximum atomic E-state index is 12.0. The minimum atomic E-state index is -0.0359. The van der Waals surface area contributed by atoms with Crippen molar-refractivity contribution in [2.75, 3.05) is 0 Å². The molecule has 76 valence electrons. The van der Waals surface area contributed by atoms with Crippen LogP contribution in [0.5, 0.6) is 0 Å². The molecular weight excluding hydrogens is 188 g/mol. The molecule has 0 atom stereocenters. The summed E-state index contributed by atoms with van der Waals surface area (Å²) in [6, 6.07) is 9.19. The average molecular weight is 200 g/mol. The lowest BCUT2D eigenvalue weighted by Crippen LogP contribution is -2.09. The summed E-state index contributed by atoms with van der Waals surface area (Å²) in [5.74, 6) is 0.449. The Morgan fingerprint density at radius 1 is 1.27 bits per heavy atom. The molecule has 0 fully saturated rings. The second kappa shape index (κ2) is 3.69. The largest absolute Gasteiger partial charge is 0.329 e. The number of hydrogen-bond donors (Lipinski definition) is 0. The average Bonchev–Trinajstić information content (AvgIpc) is 2.60. The molecule has 0 aliphatic rings. The molecule has 2 aromatic rings. The van der Waals surface area contributed by atoms with Gasteiger partial charge in [-0.25, -0.2) is 4.98 Å². The minimum absolute atomic E-state index is 0.0359. The predicted octanol–water partition coefficient (Wildman–Crippen LogP) is 1.96. The zero-order valence-corrected chi connectivity index (χ0v) is 8.77. The molecule has 15 heavy (non-hydrogen) atoms. The number of imidazole rings is 1. The van der Waals surface area contributed by atoms with Gasteiger partial charge in [-0.3, -0.25) is 4.79 Å². The van der Waals surface area contributed by atoms with Gasteiger partial charge in [-0.05, 0) is 6.92 Å². The quantitative estimate of drug-likeness (QED) is 0.694. The Bertz CT molecular complexity index is 486. The van der Waals surface area contributed by atoms with E-state index in [2.05, 4.69) is 4.98 Å². The molecule has 0 unspecified atom stereocenters. The molecule has 0 saturated carbocycles. The summed E-state index contributed by atoms with van der Waals surface area (Å²) in [6.45, 7) is 1.93. The van der Waals surface area contributed by atoms with Gasteiger partial charge in [0.15, 0.2) is 5.82 Å². The predicted molar refractivity (Wildman–Crippen MR) is 57.8 cm³/mol. The molecule has 0 bridgehead atoms. The van der Waals surface area contributed by atoms with E-state index in [9.17, 15) is 4.79 Å². The number of ketones is 1. The van der Waals surface area contributed by atoms with Gasteiger partial charge in [-0.2, -0.15) is 0 Å². The summed E-state index contributed by atoms with van der Waals surface area (Å²) in [4.78, 5) is 16.1. The second-order valence-electron chi connectivity index (χ2n) is 3.48. The number of carbonyl (C=O) groups is 1. The Labute approximate surface area is 88.4 Å². The van der Waals surface area contributed by atoms with Crippen molar-refractivity contribution in [3.63, 3.8) is 0 Å². The van der Waals surface area contributed by atoms with Crippen LogP contribution in [0.4, 0.5) is 0 Å². The van der Waals surface area contributed by atoms with Gasteiger partial charge in [0.25, 0.3) is 0 Å². The van der Waals surface area contributed by atoms with Gasteiger partial charge in [-0.15, -0.1) is 0 Å². The summed E-state index contributed by atoms with van der Waals surface area (Å²) < 4.78 is 1.80. The first-order valence-corrected chi connectivity index (χ1v) is 4.78. The van der Waals surface area contributed by atoms with Gasteiger partial charge in [0.05, 0.1) is 0 Å². The van der Waals surface area contributed by atoms with Gasteiger partial charge in [0, 0.05) is 24.5 Å². The van der Waals surface area contributed by atoms with Crippen LogP contribution in [0.3, 0.4) is 0 Å². The van der Waals surface area contributed by atoms with Crippen LogP contribution in [0, 0.1) is 6.92 Å². The van der Waals surface area contributed by atoms with Crippen molar-refractivity contribution in [1.29, 1.82) is 0 Å². The molecule has 0 N–H and O–H groups in total. The van der Waals surface area contributed by atoms with E-state index in [1.54, 1.807) is 22.9 Å². The van der Waals surface area contributed by atoms with Crippen molar-refractivity contribution in [2.24, 2.45) is 7.05 Å². The highest BCUT2D eigenvalue weighted by molar-refractivity contribution is 6.06. The van der Waals surface area contributed by atoms with E-state index >= 15 is 0 Å². The lowest BCUT2D eigenvalue weighted by molar-refractivity contribution is 0.102. The Kier molecular flexibility index (Phi) is 2.37. The highest BCUT2D eigenvalue weighted by atomic mass is 16.1. The number of hydrogen-bond acceptors (Lipinski definition) is 2. The molecule has 3 heteroatoms. The monoisotopic (exact) mass is 200 g/mol. The topological polar surface area (TPSA) is 34.9 Å². The zero-order chi connectivity index (χ0) is 10.8.